The number of aromatic nitrogens is 3. The summed E-state index contributed by atoms with van der Waals surface area (Å²) in [5.41, 5.74) is 0.392. The number of methoxy groups -OCH3 is 1. The Kier molecular flexibility index (Phi) is 6.22. The van der Waals surface area contributed by atoms with Crippen LogP contribution in [0.4, 0.5) is 22.0 Å². The van der Waals surface area contributed by atoms with E-state index in [4.69, 9.17) is 21.1 Å². The summed E-state index contributed by atoms with van der Waals surface area (Å²) >= 11 is 6.30. The fourth-order valence-electron chi connectivity index (χ4n) is 3.73. The fraction of sp³-hybridized carbons (Fsp3) is 0.364. The van der Waals surface area contributed by atoms with E-state index in [1.807, 2.05) is 0 Å². The number of aromatic amines is 1. The Morgan fingerprint density at radius 2 is 2.00 bits per heavy atom. The summed E-state index contributed by atoms with van der Waals surface area (Å²) in [6.45, 7) is -0.00314. The first kappa shape index (κ1) is 23.3. The van der Waals surface area contributed by atoms with Crippen LogP contribution in [-0.2, 0) is 12.8 Å². The van der Waals surface area contributed by atoms with E-state index in [2.05, 4.69) is 15.0 Å². The molecule has 0 saturated heterocycles. The molecule has 1 aromatic carbocycles. The first-order chi connectivity index (χ1) is 15.6. The second kappa shape index (κ2) is 8.81. The van der Waals surface area contributed by atoms with Gasteiger partial charge in [-0.2, -0.15) is 13.2 Å². The van der Waals surface area contributed by atoms with E-state index in [1.54, 1.807) is 18.2 Å². The Morgan fingerprint density at radius 1 is 1.21 bits per heavy atom. The van der Waals surface area contributed by atoms with E-state index in [0.717, 1.165) is 12.3 Å². The molecule has 3 aromatic rings. The Bertz CT molecular complexity index is 1130. The van der Waals surface area contributed by atoms with Crippen LogP contribution in [0.15, 0.2) is 36.5 Å². The van der Waals surface area contributed by atoms with E-state index >= 15 is 0 Å². The number of nitrogens with one attached hydrogen (secondary N) is 1. The normalized spacial score (nSPS) is 17.8. The first-order valence-electron chi connectivity index (χ1n) is 10.0. The summed E-state index contributed by atoms with van der Waals surface area (Å²) in [6.07, 6.45) is -3.55. The van der Waals surface area contributed by atoms with E-state index in [9.17, 15) is 22.0 Å². The minimum atomic E-state index is -4.51. The number of pyridine rings is 1. The second-order valence-corrected chi connectivity index (χ2v) is 8.16. The number of rotatable bonds is 6. The SMILES string of the molecule is COc1cc(OCc2ccc(C(F)(F)F)nc2)ccc1-c1nc(C2CCC(F)(F)C2)[nH]c1Cl. The molecule has 5 nitrogen and oxygen atoms in total. The maximum Gasteiger partial charge on any atom is 0.433 e. The number of nitrogens with zero attached hydrogens (tertiary/aromatic N) is 2. The van der Waals surface area contributed by atoms with Crippen molar-refractivity contribution < 1.29 is 31.4 Å². The summed E-state index contributed by atoms with van der Waals surface area (Å²) in [6, 6.07) is 7.05. The average molecular weight is 488 g/mol. The molecule has 1 aliphatic rings. The van der Waals surface area contributed by atoms with Gasteiger partial charge in [0.2, 0.25) is 5.92 Å². The highest BCUT2D eigenvalue weighted by Crippen LogP contribution is 2.45. The van der Waals surface area contributed by atoms with Gasteiger partial charge >= 0.3 is 6.18 Å². The van der Waals surface area contributed by atoms with Crippen molar-refractivity contribution in [1.82, 2.24) is 15.0 Å². The number of alkyl halides is 5. The zero-order valence-corrected chi connectivity index (χ0v) is 18.1. The Hall–Kier alpha value is -2.88. The van der Waals surface area contributed by atoms with Gasteiger partial charge in [-0.05, 0) is 24.6 Å². The molecule has 2 heterocycles. The van der Waals surface area contributed by atoms with Crippen molar-refractivity contribution in [2.45, 2.75) is 43.9 Å². The van der Waals surface area contributed by atoms with E-state index in [-0.39, 0.29) is 24.6 Å². The van der Waals surface area contributed by atoms with E-state index in [0.29, 0.717) is 40.6 Å². The van der Waals surface area contributed by atoms with Gasteiger partial charge in [0, 0.05) is 42.1 Å². The zero-order chi connectivity index (χ0) is 23.8. The van der Waals surface area contributed by atoms with E-state index in [1.165, 1.54) is 13.2 Å². The molecule has 2 aromatic heterocycles. The number of halogens is 6. The Labute approximate surface area is 190 Å². The molecule has 176 valence electrons. The third-order valence-electron chi connectivity index (χ3n) is 5.42. The first-order valence-corrected chi connectivity index (χ1v) is 10.4. The van der Waals surface area contributed by atoms with Gasteiger partial charge in [-0.15, -0.1) is 0 Å². The van der Waals surface area contributed by atoms with E-state index < -0.39 is 23.7 Å². The summed E-state index contributed by atoms with van der Waals surface area (Å²) in [5.74, 6) is -1.92. The van der Waals surface area contributed by atoms with Gasteiger partial charge in [0.15, 0.2) is 0 Å². The topological polar surface area (TPSA) is 60.0 Å². The van der Waals surface area contributed by atoms with Crippen molar-refractivity contribution in [3.63, 3.8) is 0 Å². The minimum Gasteiger partial charge on any atom is -0.496 e. The highest BCUT2D eigenvalue weighted by atomic mass is 35.5. The molecule has 0 amide bonds. The van der Waals surface area contributed by atoms with Crippen molar-refractivity contribution in [2.24, 2.45) is 0 Å². The molecule has 1 aliphatic carbocycles. The molecule has 0 spiro atoms. The summed E-state index contributed by atoms with van der Waals surface area (Å²) in [5, 5.41) is 0.211. The van der Waals surface area contributed by atoms with Crippen LogP contribution in [0.25, 0.3) is 11.3 Å². The van der Waals surface area contributed by atoms with Crippen LogP contribution in [0.5, 0.6) is 11.5 Å². The van der Waals surface area contributed by atoms with Crippen LogP contribution < -0.4 is 9.47 Å². The molecular weight excluding hydrogens is 469 g/mol. The minimum absolute atomic E-state index is 0.00314. The number of benzene rings is 1. The molecule has 0 radical (unpaired) electrons. The molecule has 1 unspecified atom stereocenters. The highest BCUT2D eigenvalue weighted by molar-refractivity contribution is 6.32. The standard InChI is InChI=1S/C22H19ClF5N3O2/c1-32-16-8-14(33-11-12-2-5-17(29-10-12)22(26,27)28)3-4-15(16)18-19(23)31-20(30-18)13-6-7-21(24,25)9-13/h2-5,8,10,13H,6-7,9,11H2,1H3,(H,30,31). The van der Waals surface area contributed by atoms with Gasteiger partial charge in [0.1, 0.15) is 40.5 Å². The largest absolute Gasteiger partial charge is 0.496 e. The van der Waals surface area contributed by atoms with Gasteiger partial charge in [-0.1, -0.05) is 17.7 Å². The van der Waals surface area contributed by atoms with Gasteiger partial charge in [0.25, 0.3) is 0 Å². The quantitative estimate of drug-likeness (QED) is 0.396. The smallest absolute Gasteiger partial charge is 0.433 e. The van der Waals surface area contributed by atoms with Gasteiger partial charge in [0.05, 0.1) is 7.11 Å². The average Bonchev–Trinajstić information content (AvgIpc) is 3.33. The van der Waals surface area contributed by atoms with Crippen molar-refractivity contribution in [3.8, 4) is 22.8 Å². The molecule has 4 rings (SSSR count). The summed E-state index contributed by atoms with van der Waals surface area (Å²) in [4.78, 5) is 10.7. The lowest BCUT2D eigenvalue weighted by molar-refractivity contribution is -0.141. The summed E-state index contributed by atoms with van der Waals surface area (Å²) in [7, 11) is 1.45. The van der Waals surface area contributed by atoms with Crippen LogP contribution in [0.2, 0.25) is 5.15 Å². The van der Waals surface area contributed by atoms with Crippen LogP contribution in [-0.4, -0.2) is 28.0 Å². The predicted molar refractivity (Wildman–Crippen MR) is 111 cm³/mol. The lowest BCUT2D eigenvalue weighted by atomic mass is 10.1. The zero-order valence-electron chi connectivity index (χ0n) is 17.3. The van der Waals surface area contributed by atoms with Crippen molar-refractivity contribution in [3.05, 3.63) is 58.8 Å². The summed E-state index contributed by atoms with van der Waals surface area (Å²) < 4.78 is 76.1. The number of hydrogen-bond acceptors (Lipinski definition) is 4. The van der Waals surface area contributed by atoms with Crippen LogP contribution in [0.1, 0.15) is 42.3 Å². The lowest BCUT2D eigenvalue weighted by Crippen LogP contribution is -2.09. The second-order valence-electron chi connectivity index (χ2n) is 7.78. The number of hydrogen-bond donors (Lipinski definition) is 1. The van der Waals surface area contributed by atoms with Crippen LogP contribution in [0.3, 0.4) is 0 Å². The molecule has 11 heteroatoms. The fourth-order valence-corrected chi connectivity index (χ4v) is 3.97. The third kappa shape index (κ3) is 5.21. The monoisotopic (exact) mass is 487 g/mol. The molecule has 1 N–H and O–H groups in total. The van der Waals surface area contributed by atoms with Gasteiger partial charge in [-0.25, -0.2) is 13.8 Å². The highest BCUT2D eigenvalue weighted by Gasteiger charge is 2.41. The lowest BCUT2D eigenvalue weighted by Gasteiger charge is -2.12. The van der Waals surface area contributed by atoms with Crippen LogP contribution >= 0.6 is 11.6 Å². The number of imidazole rings is 1. The third-order valence-corrected chi connectivity index (χ3v) is 5.69. The van der Waals surface area contributed by atoms with Gasteiger partial charge in [-0.3, -0.25) is 4.98 Å². The van der Waals surface area contributed by atoms with Crippen molar-refractivity contribution >= 4 is 11.6 Å². The Balaban J connectivity index is 1.49. The number of H-pyrrole nitrogens is 1. The molecular formula is C22H19ClF5N3O2. The van der Waals surface area contributed by atoms with Crippen molar-refractivity contribution in [2.75, 3.05) is 7.11 Å². The molecule has 1 fully saturated rings. The molecule has 33 heavy (non-hydrogen) atoms. The molecule has 0 aliphatic heterocycles. The van der Waals surface area contributed by atoms with Gasteiger partial charge < -0.3 is 14.5 Å². The van der Waals surface area contributed by atoms with Crippen molar-refractivity contribution in [1.29, 1.82) is 0 Å². The number of ether oxygens (including phenoxy) is 2. The molecule has 1 atom stereocenters. The maximum atomic E-state index is 13.6. The Morgan fingerprint density at radius 3 is 2.61 bits per heavy atom. The predicted octanol–water partition coefficient (Wildman–Crippen LogP) is 6.63. The maximum absolute atomic E-state index is 13.6. The molecule has 0 bridgehead atoms. The van der Waals surface area contributed by atoms with Crippen LogP contribution in [0, 0.1) is 0 Å². The molecule has 1 saturated carbocycles.